The van der Waals surface area contributed by atoms with Crippen LogP contribution in [0.4, 0.5) is 5.82 Å². The van der Waals surface area contributed by atoms with Gasteiger partial charge in [0.25, 0.3) is 0 Å². The summed E-state index contributed by atoms with van der Waals surface area (Å²) in [5.74, 6) is 2.16. The Bertz CT molecular complexity index is 1380. The number of imidazole rings is 1. The van der Waals surface area contributed by atoms with E-state index in [2.05, 4.69) is 15.1 Å². The lowest BCUT2D eigenvalue weighted by molar-refractivity contribution is 0.421. The monoisotopic (exact) mass is 396 g/mol. The van der Waals surface area contributed by atoms with Gasteiger partial charge >= 0.3 is 0 Å². The molecule has 0 amide bonds. The van der Waals surface area contributed by atoms with Crippen molar-refractivity contribution in [3.63, 3.8) is 0 Å². The molecule has 0 saturated heterocycles. The number of aromatic amines is 1. The predicted octanol–water partition coefficient (Wildman–Crippen LogP) is 4.08. The number of rotatable bonds is 4. The van der Waals surface area contributed by atoms with Crippen molar-refractivity contribution in [3.05, 3.63) is 72.6 Å². The molecule has 3 aromatic carbocycles. The number of anilines is 1. The van der Waals surface area contributed by atoms with Crippen LogP contribution < -0.4 is 16.2 Å². The summed E-state index contributed by atoms with van der Waals surface area (Å²) in [7, 11) is 1.65. The molecular weight excluding hydrogens is 376 g/mol. The van der Waals surface area contributed by atoms with Crippen molar-refractivity contribution in [1.82, 2.24) is 19.7 Å². The number of H-pyrrole nitrogens is 1. The second-order valence-electron chi connectivity index (χ2n) is 6.94. The van der Waals surface area contributed by atoms with Gasteiger partial charge < -0.3 is 21.2 Å². The number of hydrogen-bond acceptors (Lipinski definition) is 5. The first-order valence-electron chi connectivity index (χ1n) is 9.48. The second-order valence-corrected chi connectivity index (χ2v) is 6.94. The van der Waals surface area contributed by atoms with Crippen LogP contribution in [0.2, 0.25) is 0 Å². The van der Waals surface area contributed by atoms with Gasteiger partial charge in [0, 0.05) is 23.1 Å². The molecule has 0 saturated carbocycles. The lowest BCUT2D eigenvalue weighted by atomic mass is 10.0. The van der Waals surface area contributed by atoms with Gasteiger partial charge in [-0.2, -0.15) is 5.10 Å². The number of aromatic nitrogens is 4. The fraction of sp³-hybridized carbons (Fsp3) is 0.0435. The van der Waals surface area contributed by atoms with Crippen LogP contribution in [0.15, 0.2) is 66.7 Å². The molecule has 0 radical (unpaired) electrons. The summed E-state index contributed by atoms with van der Waals surface area (Å²) in [6, 6.07) is 21.6. The van der Waals surface area contributed by atoms with Crippen LogP contribution in [0, 0.1) is 0 Å². The molecule has 0 aliphatic heterocycles. The maximum absolute atomic E-state index is 6.29. The summed E-state index contributed by atoms with van der Waals surface area (Å²) >= 11 is 0. The first kappa shape index (κ1) is 17.8. The van der Waals surface area contributed by atoms with Crippen molar-refractivity contribution in [2.45, 2.75) is 0 Å². The first-order valence-corrected chi connectivity index (χ1v) is 9.48. The molecule has 2 aromatic heterocycles. The minimum atomic E-state index is 0.359. The topological polar surface area (TPSA) is 108 Å². The zero-order chi connectivity index (χ0) is 20.7. The Hall–Kier alpha value is -4.26. The first-order chi connectivity index (χ1) is 14.6. The number of ether oxygens (including phenoxy) is 1. The summed E-state index contributed by atoms with van der Waals surface area (Å²) in [6.07, 6.45) is 1.71. The van der Waals surface area contributed by atoms with Gasteiger partial charge in [0.05, 0.1) is 23.8 Å². The number of nitrogens with two attached hydrogens (primary N) is 2. The number of hydrogen-bond donors (Lipinski definition) is 3. The molecule has 0 aliphatic rings. The molecule has 148 valence electrons. The van der Waals surface area contributed by atoms with Gasteiger partial charge in [-0.25, -0.2) is 9.67 Å². The molecule has 5 aromatic rings. The van der Waals surface area contributed by atoms with Gasteiger partial charge in [-0.3, -0.25) is 0 Å². The number of nitrogens with zero attached hydrogens (tertiary/aromatic N) is 3. The molecule has 7 heteroatoms. The summed E-state index contributed by atoms with van der Waals surface area (Å²) in [5, 5.41) is 6.73. The molecule has 5 rings (SSSR count). The van der Waals surface area contributed by atoms with Crippen LogP contribution in [0.5, 0.6) is 5.75 Å². The largest absolute Gasteiger partial charge is 0.495 e. The zero-order valence-electron chi connectivity index (χ0n) is 16.3. The number of nitrogens with one attached hydrogen (secondary N) is 1. The molecule has 0 unspecified atom stereocenters. The van der Waals surface area contributed by atoms with E-state index in [1.165, 1.54) is 4.68 Å². The number of para-hydroxylation sites is 2. The Kier molecular flexibility index (Phi) is 4.14. The van der Waals surface area contributed by atoms with Crippen molar-refractivity contribution in [1.29, 1.82) is 0 Å². The third-order valence-electron chi connectivity index (χ3n) is 5.03. The smallest absolute Gasteiger partial charge is 0.136 e. The third-order valence-corrected chi connectivity index (χ3v) is 5.03. The summed E-state index contributed by atoms with van der Waals surface area (Å²) in [6.45, 7) is 0. The van der Waals surface area contributed by atoms with Crippen molar-refractivity contribution < 1.29 is 4.74 Å². The lowest BCUT2D eigenvalue weighted by Gasteiger charge is -2.10. The quantitative estimate of drug-likeness (QED) is 0.424. The average molecular weight is 396 g/mol. The van der Waals surface area contributed by atoms with E-state index < -0.39 is 0 Å². The predicted molar refractivity (Wildman–Crippen MR) is 121 cm³/mol. The summed E-state index contributed by atoms with van der Waals surface area (Å²) < 4.78 is 7.20. The van der Waals surface area contributed by atoms with Gasteiger partial charge in [-0.1, -0.05) is 42.5 Å². The van der Waals surface area contributed by atoms with Crippen LogP contribution >= 0.6 is 0 Å². The van der Waals surface area contributed by atoms with E-state index >= 15 is 0 Å². The SMILES string of the molecule is COc1c(-c2cc(N)n(/C(N)=C/c3nc4ccccc4[nH]3)n2)ccc2ccccc12. The van der Waals surface area contributed by atoms with Crippen LogP contribution in [-0.2, 0) is 0 Å². The van der Waals surface area contributed by atoms with E-state index in [1.54, 1.807) is 19.3 Å². The highest BCUT2D eigenvalue weighted by Crippen LogP contribution is 2.36. The molecule has 0 fully saturated rings. The molecular formula is C23H20N6O. The highest BCUT2D eigenvalue weighted by molar-refractivity contribution is 5.95. The number of nitrogen functional groups attached to an aromatic ring is 1. The van der Waals surface area contributed by atoms with Crippen LogP contribution in [-0.4, -0.2) is 26.9 Å². The Morgan fingerprint density at radius 3 is 2.70 bits per heavy atom. The zero-order valence-corrected chi connectivity index (χ0v) is 16.3. The molecule has 0 spiro atoms. The van der Waals surface area contributed by atoms with Crippen molar-refractivity contribution in [2.24, 2.45) is 5.73 Å². The molecule has 2 heterocycles. The second kappa shape index (κ2) is 6.97. The Morgan fingerprint density at radius 1 is 1.07 bits per heavy atom. The Labute approximate surface area is 172 Å². The molecule has 0 atom stereocenters. The van der Waals surface area contributed by atoms with Crippen molar-refractivity contribution in [2.75, 3.05) is 12.8 Å². The summed E-state index contributed by atoms with van der Waals surface area (Å²) in [4.78, 5) is 7.74. The fourth-order valence-electron chi connectivity index (χ4n) is 3.64. The maximum atomic E-state index is 6.29. The minimum Gasteiger partial charge on any atom is -0.495 e. The third kappa shape index (κ3) is 2.93. The number of benzene rings is 3. The maximum Gasteiger partial charge on any atom is 0.136 e. The van der Waals surface area contributed by atoms with Crippen molar-refractivity contribution >= 4 is 39.5 Å². The highest BCUT2D eigenvalue weighted by atomic mass is 16.5. The number of methoxy groups -OCH3 is 1. The van der Waals surface area contributed by atoms with E-state index in [0.29, 0.717) is 23.2 Å². The van der Waals surface area contributed by atoms with E-state index in [0.717, 1.165) is 33.1 Å². The molecule has 30 heavy (non-hydrogen) atoms. The van der Waals surface area contributed by atoms with Gasteiger partial charge in [0.2, 0.25) is 0 Å². The minimum absolute atomic E-state index is 0.359. The average Bonchev–Trinajstić information content (AvgIpc) is 3.35. The fourth-order valence-corrected chi connectivity index (χ4v) is 3.64. The van der Waals surface area contributed by atoms with E-state index in [9.17, 15) is 0 Å². The number of fused-ring (bicyclic) bond motifs is 2. The van der Waals surface area contributed by atoms with Gasteiger partial charge in [0.15, 0.2) is 0 Å². The molecule has 0 bridgehead atoms. The van der Waals surface area contributed by atoms with Gasteiger partial charge in [-0.15, -0.1) is 0 Å². The van der Waals surface area contributed by atoms with Crippen LogP contribution in [0.1, 0.15) is 5.82 Å². The van der Waals surface area contributed by atoms with Crippen LogP contribution in [0.3, 0.4) is 0 Å². The van der Waals surface area contributed by atoms with Crippen molar-refractivity contribution in [3.8, 4) is 17.0 Å². The highest BCUT2D eigenvalue weighted by Gasteiger charge is 2.15. The van der Waals surface area contributed by atoms with E-state index in [1.807, 2.05) is 60.7 Å². The molecule has 0 aliphatic carbocycles. The Morgan fingerprint density at radius 2 is 1.87 bits per heavy atom. The van der Waals surface area contributed by atoms with Crippen LogP contribution in [0.25, 0.3) is 45.0 Å². The van der Waals surface area contributed by atoms with E-state index in [4.69, 9.17) is 16.2 Å². The van der Waals surface area contributed by atoms with Gasteiger partial charge in [-0.05, 0) is 23.6 Å². The standard InChI is InChI=1S/C23H20N6O/c1-30-23-15-7-3-2-6-14(15)10-11-16(23)19-12-20(24)29(28-19)21(25)13-22-26-17-8-4-5-9-18(17)27-22/h2-13H,24-25H2,1H3,(H,26,27)/b21-13+. The van der Waals surface area contributed by atoms with E-state index in [-0.39, 0.29) is 0 Å². The molecule has 7 nitrogen and oxygen atoms in total. The lowest BCUT2D eigenvalue weighted by Crippen LogP contribution is -2.10. The summed E-state index contributed by atoms with van der Waals surface area (Å²) in [5.41, 5.74) is 15.8. The van der Waals surface area contributed by atoms with Gasteiger partial charge in [0.1, 0.15) is 23.2 Å². The Balaban J connectivity index is 1.57. The molecule has 5 N–H and O–H groups in total. The normalized spacial score (nSPS) is 12.0.